The molecule has 0 bridgehead atoms. The number of aryl methyl sites for hydroxylation is 1. The maximum Gasteiger partial charge on any atom is 0.316 e. The van der Waals surface area contributed by atoms with Gasteiger partial charge in [0.05, 0.1) is 8.30 Å². The maximum absolute atomic E-state index is 12.8. The number of hydrogen-bond donors (Lipinski definition) is 2. The summed E-state index contributed by atoms with van der Waals surface area (Å²) in [4.78, 5) is 15.5. The van der Waals surface area contributed by atoms with Crippen molar-refractivity contribution in [3.8, 4) is 23.0 Å². The Labute approximate surface area is 205 Å². The van der Waals surface area contributed by atoms with E-state index < -0.39 is 54.2 Å². The van der Waals surface area contributed by atoms with Crippen LogP contribution in [0.3, 0.4) is 0 Å². The van der Waals surface area contributed by atoms with Crippen molar-refractivity contribution < 1.29 is 27.5 Å². The van der Waals surface area contributed by atoms with Gasteiger partial charge in [0.25, 0.3) is 10.2 Å². The van der Waals surface area contributed by atoms with Crippen molar-refractivity contribution in [1.29, 1.82) is 0 Å². The van der Waals surface area contributed by atoms with Gasteiger partial charge in [-0.05, 0) is 36.6 Å². The van der Waals surface area contributed by atoms with Gasteiger partial charge in [0, 0.05) is 28.8 Å². The Morgan fingerprint density at radius 2 is 1.84 bits per heavy atom. The molecule has 3 aromatic rings. The number of nitrogens with zero attached hydrogens (tertiary/aromatic N) is 4. The average Bonchev–Trinajstić information content (AvgIpc) is 2.77. The SMILES string of the molecule is [2H]c1nc(NS(=O)(=O)NC([2H])([2H])C([2H])([2H])C)c(-c2ccc(Br)cc2)c(OC([2H])([2H])COc2ncc(C)cn2)n1. The van der Waals surface area contributed by atoms with Gasteiger partial charge in [-0.1, -0.05) is 35.0 Å². The minimum atomic E-state index is -4.83. The highest BCUT2D eigenvalue weighted by molar-refractivity contribution is 9.10. The quantitative estimate of drug-likeness (QED) is 0.387. The Morgan fingerprint density at radius 1 is 1.12 bits per heavy atom. The second-order valence-electron chi connectivity index (χ2n) is 6.02. The van der Waals surface area contributed by atoms with Crippen LogP contribution in [0.1, 0.15) is 28.5 Å². The van der Waals surface area contributed by atoms with E-state index in [1.54, 1.807) is 23.8 Å². The number of rotatable bonds is 11. The fourth-order valence-electron chi connectivity index (χ4n) is 2.28. The van der Waals surface area contributed by atoms with Crippen molar-refractivity contribution in [2.24, 2.45) is 0 Å². The molecule has 3 rings (SSSR count). The first-order valence-electron chi connectivity index (χ1n) is 12.4. The molecule has 0 aliphatic rings. The van der Waals surface area contributed by atoms with Crippen LogP contribution in [0.15, 0.2) is 47.4 Å². The predicted molar refractivity (Wildman–Crippen MR) is 124 cm³/mol. The summed E-state index contributed by atoms with van der Waals surface area (Å²) in [6.07, 6.45) is -0.412. The van der Waals surface area contributed by atoms with Gasteiger partial charge in [-0.25, -0.2) is 19.9 Å². The predicted octanol–water partition coefficient (Wildman–Crippen LogP) is 3.12. The van der Waals surface area contributed by atoms with Crippen LogP contribution in [0, 0.1) is 6.92 Å². The molecule has 170 valence electrons. The Bertz CT molecular complexity index is 1430. The van der Waals surface area contributed by atoms with Gasteiger partial charge in [0.15, 0.2) is 5.82 Å². The lowest BCUT2D eigenvalue weighted by Gasteiger charge is -2.15. The molecule has 0 amide bonds. The molecule has 2 aromatic heterocycles. The van der Waals surface area contributed by atoms with E-state index >= 15 is 0 Å². The number of ether oxygens (including phenoxy) is 2. The molecule has 0 fully saturated rings. The standard InChI is InChI=1S/C20H23BrN6O4S/c1-3-8-26-32(28,29)27-18-17(15-4-6-16(21)7-5-15)19(25-13-24-18)30-9-10-31-20-22-11-14(2)12-23-20/h4-7,11-13,26H,3,8-10H2,1-2H3,(H,24,25,27)/i3D2,8D2,9D2,13D. The monoisotopic (exact) mass is 529 g/mol. The van der Waals surface area contributed by atoms with Crippen LogP contribution in [-0.4, -0.2) is 48.0 Å². The molecule has 32 heavy (non-hydrogen) atoms. The summed E-state index contributed by atoms with van der Waals surface area (Å²) in [7, 11) is -4.83. The molecule has 0 unspecified atom stereocenters. The molecule has 12 heteroatoms. The molecule has 10 nitrogen and oxygen atoms in total. The average molecular weight is 530 g/mol. The van der Waals surface area contributed by atoms with Crippen molar-refractivity contribution in [3.63, 3.8) is 0 Å². The van der Waals surface area contributed by atoms with E-state index in [4.69, 9.17) is 19.1 Å². The van der Waals surface area contributed by atoms with E-state index in [1.807, 2.05) is 4.72 Å². The zero-order valence-electron chi connectivity index (χ0n) is 23.9. The lowest BCUT2D eigenvalue weighted by molar-refractivity contribution is 0.202. The summed E-state index contributed by atoms with van der Waals surface area (Å²) in [6, 6.07) is 6.11. The lowest BCUT2D eigenvalue weighted by atomic mass is 10.1. The number of halogens is 1. The molecule has 1 aromatic carbocycles. The third kappa shape index (κ3) is 6.84. The lowest BCUT2D eigenvalue weighted by Crippen LogP contribution is -2.31. The van der Waals surface area contributed by atoms with Gasteiger partial charge >= 0.3 is 6.01 Å². The second-order valence-corrected chi connectivity index (χ2v) is 8.35. The third-order valence-electron chi connectivity index (χ3n) is 3.62. The fraction of sp³-hybridized carbons (Fsp3) is 0.300. The zero-order chi connectivity index (χ0) is 29.2. The van der Waals surface area contributed by atoms with Crippen molar-refractivity contribution in [2.75, 3.05) is 24.4 Å². The highest BCUT2D eigenvalue weighted by Gasteiger charge is 2.19. The van der Waals surface area contributed by atoms with E-state index in [0.29, 0.717) is 4.47 Å². The van der Waals surface area contributed by atoms with Crippen molar-refractivity contribution in [1.82, 2.24) is 24.7 Å². The molecule has 2 N–H and O–H groups in total. The summed E-state index contributed by atoms with van der Waals surface area (Å²) in [5.41, 5.74) is 0.829. The number of nitrogens with one attached hydrogen (secondary N) is 2. The topological polar surface area (TPSA) is 128 Å². The Morgan fingerprint density at radius 3 is 2.53 bits per heavy atom. The van der Waals surface area contributed by atoms with Crippen molar-refractivity contribution in [3.05, 3.63) is 53.0 Å². The molecular weight excluding hydrogens is 500 g/mol. The summed E-state index contributed by atoms with van der Waals surface area (Å²) in [5.74, 6) is -1.08. The van der Waals surface area contributed by atoms with E-state index in [-0.39, 0.29) is 17.1 Å². The molecule has 0 saturated carbocycles. The van der Waals surface area contributed by atoms with Gasteiger partial charge in [-0.2, -0.15) is 13.1 Å². The van der Waals surface area contributed by atoms with Crippen LogP contribution in [0.2, 0.25) is 0 Å². The molecule has 0 saturated heterocycles. The molecule has 0 aliphatic carbocycles. The first-order chi connectivity index (χ1) is 17.9. The molecule has 0 radical (unpaired) electrons. The molecule has 0 spiro atoms. The van der Waals surface area contributed by atoms with Gasteiger partial charge in [0.2, 0.25) is 5.88 Å². The van der Waals surface area contributed by atoms with Crippen molar-refractivity contribution in [2.45, 2.75) is 20.2 Å². The Kier molecular flexibility index (Phi) is 5.54. The molecule has 0 atom stereocenters. The second kappa shape index (κ2) is 11.2. The highest BCUT2D eigenvalue weighted by Crippen LogP contribution is 2.34. The van der Waals surface area contributed by atoms with Crippen LogP contribution in [-0.2, 0) is 10.2 Å². The fourth-order valence-corrected chi connectivity index (χ4v) is 3.23. The normalized spacial score (nSPS) is 15.8. The first kappa shape index (κ1) is 15.9. The highest BCUT2D eigenvalue weighted by atomic mass is 79.9. The van der Waals surface area contributed by atoms with Crippen LogP contribution in [0.5, 0.6) is 11.9 Å². The van der Waals surface area contributed by atoms with Crippen LogP contribution < -0.4 is 18.9 Å². The third-order valence-corrected chi connectivity index (χ3v) is 4.99. The summed E-state index contributed by atoms with van der Waals surface area (Å²) < 4.78 is 95.6. The maximum atomic E-state index is 12.8. The number of aromatic nitrogens is 4. The molecule has 2 heterocycles. The molecule has 0 aliphatic heterocycles. The van der Waals surface area contributed by atoms with Crippen LogP contribution in [0.4, 0.5) is 5.82 Å². The summed E-state index contributed by atoms with van der Waals surface area (Å²) >= 11 is 3.28. The van der Waals surface area contributed by atoms with Crippen LogP contribution >= 0.6 is 15.9 Å². The smallest absolute Gasteiger partial charge is 0.316 e. The molecular formula is C20H23BrN6O4S. The van der Waals surface area contributed by atoms with E-state index in [2.05, 4.69) is 35.9 Å². The minimum Gasteiger partial charge on any atom is -0.473 e. The number of anilines is 1. The first-order valence-corrected chi connectivity index (χ1v) is 11.2. The Hall–Kier alpha value is -2.83. The number of benzene rings is 1. The summed E-state index contributed by atoms with van der Waals surface area (Å²) in [6.45, 7) is -3.70. The minimum absolute atomic E-state index is 0.116. The van der Waals surface area contributed by atoms with Crippen LogP contribution in [0.25, 0.3) is 11.1 Å². The van der Waals surface area contributed by atoms with Gasteiger partial charge in [-0.15, -0.1) is 0 Å². The van der Waals surface area contributed by atoms with Crippen molar-refractivity contribution >= 4 is 32.0 Å². The summed E-state index contributed by atoms with van der Waals surface area (Å²) in [5, 5.41) is 0. The van der Waals surface area contributed by atoms with Gasteiger partial charge in [-0.3, -0.25) is 4.72 Å². The zero-order valence-corrected chi connectivity index (χ0v) is 19.3. The Balaban J connectivity index is 2.01. The number of hydrogen-bond acceptors (Lipinski definition) is 8. The largest absolute Gasteiger partial charge is 0.473 e. The van der Waals surface area contributed by atoms with E-state index in [1.165, 1.54) is 24.5 Å². The van der Waals surface area contributed by atoms with Gasteiger partial charge in [0.1, 0.15) is 20.8 Å². The van der Waals surface area contributed by atoms with E-state index in [9.17, 15) is 8.42 Å². The van der Waals surface area contributed by atoms with E-state index in [0.717, 1.165) is 12.5 Å². The van der Waals surface area contributed by atoms with Gasteiger partial charge < -0.3 is 9.47 Å².